The summed E-state index contributed by atoms with van der Waals surface area (Å²) < 4.78 is 2.09. The molecule has 150 valence electrons. The molecule has 0 saturated heterocycles. The van der Waals surface area contributed by atoms with Gasteiger partial charge >= 0.3 is 0 Å². The molecule has 3 aromatic carbocycles. The fraction of sp³-hybridized carbons (Fsp3) is 0.125. The lowest BCUT2D eigenvalue weighted by molar-refractivity contribution is -0.121. The Kier molecular flexibility index (Phi) is 5.85. The highest BCUT2D eigenvalue weighted by molar-refractivity contribution is 5.85. The van der Waals surface area contributed by atoms with Gasteiger partial charge in [0.15, 0.2) is 0 Å². The van der Waals surface area contributed by atoms with Crippen molar-refractivity contribution < 1.29 is 9.90 Å². The highest BCUT2D eigenvalue weighted by Crippen LogP contribution is 2.19. The molecular formula is C24H22N4O2. The van der Waals surface area contributed by atoms with E-state index in [-0.39, 0.29) is 18.1 Å². The number of hydrogen-bond acceptors (Lipinski definition) is 4. The molecular weight excluding hydrogens is 376 g/mol. The van der Waals surface area contributed by atoms with E-state index in [0.717, 1.165) is 16.9 Å². The van der Waals surface area contributed by atoms with Crippen LogP contribution >= 0.6 is 0 Å². The molecule has 2 N–H and O–H groups in total. The number of nitrogens with one attached hydrogen (secondary N) is 1. The summed E-state index contributed by atoms with van der Waals surface area (Å²) in [6.07, 6.45) is 2.39. The van der Waals surface area contributed by atoms with Gasteiger partial charge in [-0.15, -0.1) is 0 Å². The van der Waals surface area contributed by atoms with Crippen LogP contribution < -0.4 is 5.43 Å². The lowest BCUT2D eigenvalue weighted by Crippen LogP contribution is -2.20. The Hall–Kier alpha value is -3.93. The van der Waals surface area contributed by atoms with Gasteiger partial charge in [-0.25, -0.2) is 10.4 Å². The number of aromatic hydroxyl groups is 1. The van der Waals surface area contributed by atoms with Crippen LogP contribution in [0.5, 0.6) is 5.75 Å². The Morgan fingerprint density at radius 3 is 2.57 bits per heavy atom. The van der Waals surface area contributed by atoms with Crippen molar-refractivity contribution in [3.63, 3.8) is 0 Å². The van der Waals surface area contributed by atoms with Gasteiger partial charge in [-0.3, -0.25) is 4.79 Å². The largest absolute Gasteiger partial charge is 0.507 e. The summed E-state index contributed by atoms with van der Waals surface area (Å²) >= 11 is 0. The van der Waals surface area contributed by atoms with E-state index in [4.69, 9.17) is 4.98 Å². The molecule has 0 aliphatic rings. The summed E-state index contributed by atoms with van der Waals surface area (Å²) in [6, 6.07) is 24.9. The Morgan fingerprint density at radius 2 is 1.73 bits per heavy atom. The first kappa shape index (κ1) is 19.4. The molecule has 4 aromatic rings. The molecule has 0 saturated carbocycles. The van der Waals surface area contributed by atoms with Crippen molar-refractivity contribution in [3.05, 3.63) is 95.8 Å². The number of fused-ring (bicyclic) bond motifs is 1. The summed E-state index contributed by atoms with van der Waals surface area (Å²) in [5, 5.41) is 13.7. The summed E-state index contributed by atoms with van der Waals surface area (Å²) in [7, 11) is 0. The molecule has 0 fully saturated rings. The number of phenols is 1. The van der Waals surface area contributed by atoms with Crippen LogP contribution in [-0.2, 0) is 17.8 Å². The predicted octanol–water partition coefficient (Wildman–Crippen LogP) is 3.87. The summed E-state index contributed by atoms with van der Waals surface area (Å²) in [4.78, 5) is 17.1. The number of carbonyl (C=O) groups is 1. The Labute approximate surface area is 174 Å². The molecule has 0 spiro atoms. The summed E-state index contributed by atoms with van der Waals surface area (Å²) in [5.74, 6) is 0.837. The molecule has 0 aliphatic heterocycles. The van der Waals surface area contributed by atoms with Gasteiger partial charge in [-0.1, -0.05) is 54.6 Å². The van der Waals surface area contributed by atoms with E-state index in [2.05, 4.69) is 27.2 Å². The highest BCUT2D eigenvalue weighted by Gasteiger charge is 2.12. The Bertz CT molecular complexity index is 1180. The number of hydrazone groups is 1. The van der Waals surface area contributed by atoms with Crippen LogP contribution in [0.4, 0.5) is 0 Å². The maximum Gasteiger partial charge on any atom is 0.241 e. The zero-order valence-corrected chi connectivity index (χ0v) is 16.4. The molecule has 4 rings (SSSR count). The minimum absolute atomic E-state index is 0.117. The number of amides is 1. The van der Waals surface area contributed by atoms with Crippen molar-refractivity contribution >= 4 is 23.2 Å². The van der Waals surface area contributed by atoms with E-state index in [1.807, 2.05) is 42.5 Å². The quantitative estimate of drug-likeness (QED) is 0.366. The number of benzene rings is 3. The number of carbonyl (C=O) groups excluding carboxylic acids is 1. The van der Waals surface area contributed by atoms with Crippen molar-refractivity contribution in [2.75, 3.05) is 0 Å². The van der Waals surface area contributed by atoms with Gasteiger partial charge in [0.1, 0.15) is 11.6 Å². The molecule has 1 heterocycles. The second-order valence-corrected chi connectivity index (χ2v) is 6.93. The molecule has 6 heteroatoms. The minimum Gasteiger partial charge on any atom is -0.507 e. The zero-order chi connectivity index (χ0) is 20.8. The SMILES string of the molecule is O=C(CCn1c(Cc2ccccc2)nc2ccccc21)N/N=C/c1ccccc1O. The van der Waals surface area contributed by atoms with Gasteiger partial charge in [-0.05, 0) is 29.8 Å². The van der Waals surface area contributed by atoms with Crippen molar-refractivity contribution in [1.29, 1.82) is 0 Å². The van der Waals surface area contributed by atoms with Crippen molar-refractivity contribution in [2.45, 2.75) is 19.4 Å². The molecule has 1 amide bonds. The van der Waals surface area contributed by atoms with E-state index in [0.29, 0.717) is 18.5 Å². The van der Waals surface area contributed by atoms with Crippen LogP contribution in [0.15, 0.2) is 84.0 Å². The highest BCUT2D eigenvalue weighted by atomic mass is 16.3. The number of rotatable bonds is 7. The third kappa shape index (κ3) is 4.55. The number of imidazole rings is 1. The fourth-order valence-corrected chi connectivity index (χ4v) is 3.33. The summed E-state index contributed by atoms with van der Waals surface area (Å²) in [6.45, 7) is 0.501. The first-order chi connectivity index (χ1) is 14.7. The van der Waals surface area contributed by atoms with Crippen molar-refractivity contribution in [2.24, 2.45) is 5.10 Å². The van der Waals surface area contributed by atoms with E-state index in [1.54, 1.807) is 24.3 Å². The lowest BCUT2D eigenvalue weighted by atomic mass is 10.1. The number of aromatic nitrogens is 2. The number of hydrogen-bond donors (Lipinski definition) is 2. The van der Waals surface area contributed by atoms with Gasteiger partial charge in [0.2, 0.25) is 5.91 Å². The molecule has 1 aromatic heterocycles. The summed E-state index contributed by atoms with van der Waals surface area (Å²) in [5.41, 5.74) is 6.17. The molecule has 0 unspecified atom stereocenters. The number of para-hydroxylation sites is 3. The van der Waals surface area contributed by atoms with Crippen LogP contribution in [0.2, 0.25) is 0 Å². The molecule has 0 atom stereocenters. The number of nitrogens with zero attached hydrogens (tertiary/aromatic N) is 3. The first-order valence-electron chi connectivity index (χ1n) is 9.78. The normalized spacial score (nSPS) is 11.2. The number of phenolic OH excluding ortho intramolecular Hbond substituents is 1. The molecule has 0 radical (unpaired) electrons. The van der Waals surface area contributed by atoms with E-state index >= 15 is 0 Å². The van der Waals surface area contributed by atoms with Crippen LogP contribution in [0.25, 0.3) is 11.0 Å². The monoisotopic (exact) mass is 398 g/mol. The third-order valence-electron chi connectivity index (χ3n) is 4.83. The minimum atomic E-state index is -0.204. The van der Waals surface area contributed by atoms with Gasteiger partial charge in [0.25, 0.3) is 0 Å². The molecule has 0 aliphatic carbocycles. The topological polar surface area (TPSA) is 79.5 Å². The van der Waals surface area contributed by atoms with Gasteiger partial charge in [-0.2, -0.15) is 5.10 Å². The standard InChI is InChI=1S/C24H22N4O2/c29-22-13-7-4-10-19(22)17-25-27-24(30)14-15-28-21-12-6-5-11-20(21)26-23(28)16-18-8-2-1-3-9-18/h1-13,17,29H,14-16H2,(H,27,30)/b25-17+. The van der Waals surface area contributed by atoms with E-state index in [1.165, 1.54) is 11.8 Å². The Balaban J connectivity index is 1.46. The zero-order valence-electron chi connectivity index (χ0n) is 16.4. The Morgan fingerprint density at radius 1 is 1.00 bits per heavy atom. The van der Waals surface area contributed by atoms with Gasteiger partial charge < -0.3 is 9.67 Å². The average molecular weight is 398 g/mol. The maximum absolute atomic E-state index is 12.3. The molecule has 0 bridgehead atoms. The maximum atomic E-state index is 12.3. The van der Waals surface area contributed by atoms with Gasteiger partial charge in [0, 0.05) is 24.9 Å². The van der Waals surface area contributed by atoms with E-state index in [9.17, 15) is 9.90 Å². The van der Waals surface area contributed by atoms with Crippen LogP contribution in [0, 0.1) is 0 Å². The van der Waals surface area contributed by atoms with Crippen molar-refractivity contribution in [3.8, 4) is 5.75 Å². The average Bonchev–Trinajstić information content (AvgIpc) is 3.11. The van der Waals surface area contributed by atoms with Gasteiger partial charge in [0.05, 0.1) is 17.2 Å². The predicted molar refractivity (Wildman–Crippen MR) is 117 cm³/mol. The first-order valence-corrected chi connectivity index (χ1v) is 9.78. The van der Waals surface area contributed by atoms with E-state index < -0.39 is 0 Å². The molecule has 6 nitrogen and oxygen atoms in total. The number of aryl methyl sites for hydroxylation is 1. The fourth-order valence-electron chi connectivity index (χ4n) is 3.33. The third-order valence-corrected chi connectivity index (χ3v) is 4.83. The smallest absolute Gasteiger partial charge is 0.241 e. The van der Waals surface area contributed by atoms with Crippen molar-refractivity contribution in [1.82, 2.24) is 15.0 Å². The van der Waals surface area contributed by atoms with Crippen LogP contribution in [0.1, 0.15) is 23.4 Å². The lowest BCUT2D eigenvalue weighted by Gasteiger charge is -2.09. The van der Waals surface area contributed by atoms with Crippen LogP contribution in [0.3, 0.4) is 0 Å². The second kappa shape index (κ2) is 9.05. The molecule has 30 heavy (non-hydrogen) atoms. The second-order valence-electron chi connectivity index (χ2n) is 6.93. The van der Waals surface area contributed by atoms with Crippen LogP contribution in [-0.4, -0.2) is 26.8 Å².